The highest BCUT2D eigenvalue weighted by molar-refractivity contribution is 5.83. The third-order valence-electron chi connectivity index (χ3n) is 2.76. The third kappa shape index (κ3) is 2.51. The van der Waals surface area contributed by atoms with Gasteiger partial charge in [-0.05, 0) is 5.92 Å². The van der Waals surface area contributed by atoms with Crippen molar-refractivity contribution in [2.75, 3.05) is 24.2 Å². The molecule has 0 aliphatic rings. The lowest BCUT2D eigenvalue weighted by molar-refractivity contribution is 0.138. The third-order valence-corrected chi connectivity index (χ3v) is 2.76. The van der Waals surface area contributed by atoms with Gasteiger partial charge in [0.25, 0.3) is 0 Å². The van der Waals surface area contributed by atoms with Crippen molar-refractivity contribution in [2.45, 2.75) is 20.0 Å². The number of fused-ring (bicyclic) bond motifs is 1. The van der Waals surface area contributed by atoms with E-state index < -0.39 is 6.10 Å². The minimum Gasteiger partial charge on any atom is -0.391 e. The minimum atomic E-state index is -0.420. The first-order valence-electron chi connectivity index (χ1n) is 5.92. The van der Waals surface area contributed by atoms with Gasteiger partial charge in [-0.15, -0.1) is 0 Å². The maximum Gasteiger partial charge on any atom is 0.226 e. The van der Waals surface area contributed by atoms with E-state index in [2.05, 4.69) is 30.6 Å². The molecule has 0 aliphatic heterocycles. The van der Waals surface area contributed by atoms with E-state index in [0.717, 1.165) is 5.52 Å². The number of nitrogens with one attached hydrogen (secondary N) is 3. The molecule has 7 nitrogen and oxygen atoms in total. The molecule has 2 rings (SSSR count). The summed E-state index contributed by atoms with van der Waals surface area (Å²) in [6.45, 7) is 4.38. The molecular weight excluding hydrogens is 232 g/mol. The van der Waals surface area contributed by atoms with Crippen LogP contribution in [0.3, 0.4) is 0 Å². The average Bonchev–Trinajstić information content (AvgIpc) is 2.83. The van der Waals surface area contributed by atoms with Crippen LogP contribution in [0.4, 0.5) is 11.8 Å². The normalized spacial score (nSPS) is 12.9. The Morgan fingerprint density at radius 2 is 2.17 bits per heavy atom. The predicted octanol–water partition coefficient (Wildman–Crippen LogP) is 0.823. The maximum absolute atomic E-state index is 9.79. The van der Waals surface area contributed by atoms with Gasteiger partial charge >= 0.3 is 0 Å². The molecular formula is C11H18N6O. The van der Waals surface area contributed by atoms with Crippen LogP contribution in [-0.4, -0.2) is 44.7 Å². The van der Waals surface area contributed by atoms with Crippen LogP contribution in [0.25, 0.3) is 11.2 Å². The summed E-state index contributed by atoms with van der Waals surface area (Å²) < 4.78 is 0. The fourth-order valence-electron chi connectivity index (χ4n) is 1.51. The Bertz CT molecular complexity index is 523. The molecule has 1 atom stereocenters. The number of rotatable bonds is 5. The lowest BCUT2D eigenvalue weighted by Gasteiger charge is -2.15. The number of aromatic amines is 1. The Kier molecular flexibility index (Phi) is 3.61. The van der Waals surface area contributed by atoms with E-state index in [0.29, 0.717) is 24.0 Å². The molecule has 2 aromatic heterocycles. The van der Waals surface area contributed by atoms with Crippen molar-refractivity contribution in [3.8, 4) is 0 Å². The summed E-state index contributed by atoms with van der Waals surface area (Å²) in [5.74, 6) is 1.33. The number of nitrogens with zero attached hydrogens (tertiary/aromatic N) is 3. The Labute approximate surface area is 105 Å². The van der Waals surface area contributed by atoms with Crippen molar-refractivity contribution in [3.63, 3.8) is 0 Å². The summed E-state index contributed by atoms with van der Waals surface area (Å²) in [6, 6.07) is 0. The molecule has 0 spiro atoms. The molecule has 98 valence electrons. The van der Waals surface area contributed by atoms with Gasteiger partial charge in [0.15, 0.2) is 11.5 Å². The predicted molar refractivity (Wildman–Crippen MR) is 70.6 cm³/mol. The second kappa shape index (κ2) is 5.18. The Balaban J connectivity index is 2.23. The van der Waals surface area contributed by atoms with Crippen molar-refractivity contribution in [3.05, 3.63) is 6.33 Å². The smallest absolute Gasteiger partial charge is 0.226 e. The number of aliphatic hydroxyl groups is 1. The number of anilines is 2. The van der Waals surface area contributed by atoms with Crippen LogP contribution < -0.4 is 10.6 Å². The van der Waals surface area contributed by atoms with Gasteiger partial charge in [0.05, 0.1) is 12.4 Å². The standard InChI is InChI=1S/C11H18N6O/c1-6(2)7(18)4-13-9-8-10(15-5-14-8)17-11(12-3)16-9/h5-7,18H,4H2,1-3H3,(H3,12,13,14,15,16,17). The molecule has 2 heterocycles. The van der Waals surface area contributed by atoms with E-state index in [9.17, 15) is 5.11 Å². The Morgan fingerprint density at radius 1 is 1.39 bits per heavy atom. The first kappa shape index (κ1) is 12.6. The molecule has 0 fully saturated rings. The van der Waals surface area contributed by atoms with E-state index in [1.807, 2.05) is 13.8 Å². The van der Waals surface area contributed by atoms with Crippen LogP contribution in [0.2, 0.25) is 0 Å². The van der Waals surface area contributed by atoms with Gasteiger partial charge in [0, 0.05) is 13.6 Å². The van der Waals surface area contributed by atoms with Gasteiger partial charge in [-0.1, -0.05) is 13.8 Å². The zero-order chi connectivity index (χ0) is 13.1. The van der Waals surface area contributed by atoms with Crippen LogP contribution in [-0.2, 0) is 0 Å². The molecule has 7 heteroatoms. The zero-order valence-electron chi connectivity index (χ0n) is 10.7. The Hall–Kier alpha value is -1.89. The first-order chi connectivity index (χ1) is 8.61. The van der Waals surface area contributed by atoms with E-state index in [4.69, 9.17) is 0 Å². The first-order valence-corrected chi connectivity index (χ1v) is 5.92. The van der Waals surface area contributed by atoms with E-state index >= 15 is 0 Å². The second-order valence-electron chi connectivity index (χ2n) is 4.44. The van der Waals surface area contributed by atoms with Crippen LogP contribution in [0.15, 0.2) is 6.33 Å². The quantitative estimate of drug-likeness (QED) is 0.627. The summed E-state index contributed by atoms with van der Waals surface area (Å²) in [5.41, 5.74) is 1.33. The zero-order valence-corrected chi connectivity index (χ0v) is 10.7. The molecule has 0 saturated carbocycles. The molecule has 0 radical (unpaired) electrons. The molecule has 2 aromatic rings. The van der Waals surface area contributed by atoms with Crippen LogP contribution >= 0.6 is 0 Å². The molecule has 1 unspecified atom stereocenters. The number of aromatic nitrogens is 4. The van der Waals surface area contributed by atoms with Crippen LogP contribution in [0.5, 0.6) is 0 Å². The van der Waals surface area contributed by atoms with Crippen LogP contribution in [0, 0.1) is 5.92 Å². The SMILES string of the molecule is CNc1nc(NCC(O)C(C)C)c2[nH]cnc2n1. The fourth-order valence-corrected chi connectivity index (χ4v) is 1.51. The van der Waals surface area contributed by atoms with Gasteiger partial charge in [-0.25, -0.2) is 4.98 Å². The van der Waals surface area contributed by atoms with Gasteiger partial charge in [-0.2, -0.15) is 9.97 Å². The van der Waals surface area contributed by atoms with Crippen molar-refractivity contribution < 1.29 is 5.11 Å². The lowest BCUT2D eigenvalue weighted by atomic mass is 10.1. The molecule has 0 aromatic carbocycles. The van der Waals surface area contributed by atoms with Crippen molar-refractivity contribution >= 4 is 22.9 Å². The molecule has 4 N–H and O–H groups in total. The second-order valence-corrected chi connectivity index (χ2v) is 4.44. The monoisotopic (exact) mass is 250 g/mol. The van der Waals surface area contributed by atoms with E-state index in [1.54, 1.807) is 13.4 Å². The lowest BCUT2D eigenvalue weighted by Crippen LogP contribution is -2.25. The van der Waals surface area contributed by atoms with E-state index in [-0.39, 0.29) is 5.92 Å². The molecule has 0 aliphatic carbocycles. The topological polar surface area (TPSA) is 98.8 Å². The highest BCUT2D eigenvalue weighted by atomic mass is 16.3. The molecule has 0 amide bonds. The highest BCUT2D eigenvalue weighted by Crippen LogP contribution is 2.18. The van der Waals surface area contributed by atoms with Crippen molar-refractivity contribution in [2.24, 2.45) is 5.92 Å². The summed E-state index contributed by atoms with van der Waals surface area (Å²) in [6.07, 6.45) is 1.15. The summed E-state index contributed by atoms with van der Waals surface area (Å²) in [4.78, 5) is 15.6. The summed E-state index contributed by atoms with van der Waals surface area (Å²) >= 11 is 0. The molecule has 0 saturated heterocycles. The largest absolute Gasteiger partial charge is 0.391 e. The van der Waals surface area contributed by atoms with Gasteiger partial charge in [0.1, 0.15) is 5.52 Å². The fraction of sp³-hybridized carbons (Fsp3) is 0.545. The molecule has 0 bridgehead atoms. The average molecular weight is 250 g/mol. The van der Waals surface area contributed by atoms with Gasteiger partial charge in [0.2, 0.25) is 5.95 Å². The van der Waals surface area contributed by atoms with Crippen LogP contribution in [0.1, 0.15) is 13.8 Å². The van der Waals surface area contributed by atoms with Crippen molar-refractivity contribution in [1.82, 2.24) is 19.9 Å². The maximum atomic E-state index is 9.79. The number of H-pyrrole nitrogens is 1. The van der Waals surface area contributed by atoms with E-state index in [1.165, 1.54) is 0 Å². The number of aliphatic hydroxyl groups excluding tert-OH is 1. The summed E-state index contributed by atoms with van der Waals surface area (Å²) in [7, 11) is 1.75. The van der Waals surface area contributed by atoms with Crippen molar-refractivity contribution in [1.29, 1.82) is 0 Å². The highest BCUT2D eigenvalue weighted by Gasteiger charge is 2.12. The van der Waals surface area contributed by atoms with Gasteiger partial charge in [-0.3, -0.25) is 0 Å². The van der Waals surface area contributed by atoms with Gasteiger partial charge < -0.3 is 20.7 Å². The minimum absolute atomic E-state index is 0.195. The molecule has 18 heavy (non-hydrogen) atoms. The summed E-state index contributed by atoms with van der Waals surface area (Å²) in [5, 5.41) is 15.8. The Morgan fingerprint density at radius 3 is 2.83 bits per heavy atom. The number of imidazole rings is 1. The number of hydrogen-bond donors (Lipinski definition) is 4. The number of hydrogen-bond acceptors (Lipinski definition) is 6.